The van der Waals surface area contributed by atoms with Crippen LogP contribution in [0.3, 0.4) is 0 Å². The van der Waals surface area contributed by atoms with Gasteiger partial charge in [0.2, 0.25) is 17.7 Å². The van der Waals surface area contributed by atoms with Crippen LogP contribution in [0.2, 0.25) is 0 Å². The van der Waals surface area contributed by atoms with Gasteiger partial charge < -0.3 is 40.6 Å². The number of hydrogen-bond acceptors (Lipinski definition) is 13. The fourth-order valence-electron chi connectivity index (χ4n) is 12.6. The number of nitrogens with zero attached hydrogens (tertiary/aromatic N) is 2. The van der Waals surface area contributed by atoms with Crippen molar-refractivity contribution >= 4 is 57.4 Å². The van der Waals surface area contributed by atoms with Crippen LogP contribution >= 0.6 is 0 Å². The molecule has 2 heterocycles. The zero-order valence-electron chi connectivity index (χ0n) is 49.7. The number of fused-ring (bicyclic) bond motifs is 2. The number of ether oxygens (including phenoxy) is 4. The molecule has 4 aliphatic carbocycles. The summed E-state index contributed by atoms with van der Waals surface area (Å²) >= 11 is 0. The van der Waals surface area contributed by atoms with E-state index in [4.69, 9.17) is 45.7 Å². The van der Waals surface area contributed by atoms with Crippen molar-refractivity contribution in [3.63, 3.8) is 0 Å². The lowest BCUT2D eigenvalue weighted by molar-refractivity contribution is -0.152. The lowest BCUT2D eigenvalue weighted by atomic mass is 9.88. The van der Waals surface area contributed by atoms with Gasteiger partial charge in [0.1, 0.15) is 31.3 Å². The number of aromatic nitrogens is 2. The van der Waals surface area contributed by atoms with Crippen molar-refractivity contribution in [3.8, 4) is 17.2 Å². The third-order valence-corrected chi connectivity index (χ3v) is 18.1. The van der Waals surface area contributed by atoms with E-state index in [0.29, 0.717) is 49.7 Å². The molecule has 460 valence electrons. The van der Waals surface area contributed by atoms with Gasteiger partial charge in [0.05, 0.1) is 52.1 Å². The molecule has 4 aliphatic rings. The summed E-state index contributed by atoms with van der Waals surface area (Å²) < 4.78 is 37.4. The molecule has 0 radical (unpaired) electrons. The van der Waals surface area contributed by atoms with Crippen molar-refractivity contribution in [3.05, 3.63) is 208 Å². The molecule has 0 unspecified atom stereocenters. The Hall–Kier alpha value is -9.75. The number of primary amides is 2. The number of carbonyl (C=O) groups excluding carboxylic acids is 4. The van der Waals surface area contributed by atoms with E-state index in [-0.39, 0.29) is 25.2 Å². The van der Waals surface area contributed by atoms with Gasteiger partial charge >= 0.3 is 17.9 Å². The van der Waals surface area contributed by atoms with Crippen LogP contribution in [0.15, 0.2) is 158 Å². The fraction of sp³-hybridized carbons (Fsp3) is 0.314. The van der Waals surface area contributed by atoms with Crippen molar-refractivity contribution in [2.24, 2.45) is 50.9 Å². The summed E-state index contributed by atoms with van der Waals surface area (Å²) in [6.45, 7) is 6.66. The number of rotatable bonds is 22. The lowest BCUT2D eigenvalue weighted by Gasteiger charge is -2.18. The normalized spacial score (nSPS) is 21.5. The number of carboxylic acid groups (broad SMARTS) is 2. The van der Waals surface area contributed by atoms with E-state index < -0.39 is 80.9 Å². The quantitative estimate of drug-likeness (QED) is 0.0209. The van der Waals surface area contributed by atoms with Crippen molar-refractivity contribution in [1.29, 1.82) is 0 Å². The Morgan fingerprint density at radius 3 is 1.65 bits per heavy atom. The van der Waals surface area contributed by atoms with Crippen LogP contribution in [0.4, 0.5) is 4.39 Å². The third kappa shape index (κ3) is 13.3. The van der Waals surface area contributed by atoms with E-state index in [1.54, 1.807) is 25.4 Å². The number of para-hydroxylation sites is 2. The number of hydrogen-bond donors (Lipinski definition) is 6. The Kier molecular flexibility index (Phi) is 17.9. The summed E-state index contributed by atoms with van der Waals surface area (Å²) in [5, 5.41) is 29.6. The maximum absolute atomic E-state index is 14.8. The van der Waals surface area contributed by atoms with Crippen LogP contribution < -0.4 is 31.2 Å². The smallest absolute Gasteiger partial charge is 0.313 e. The lowest BCUT2D eigenvalue weighted by Crippen LogP contribution is -2.33. The number of aryl methyl sites for hydroxylation is 1. The molecule has 6 aromatic carbocycles. The monoisotopic (exact) mass is 1210 g/mol. The molecule has 8 N–H and O–H groups in total. The van der Waals surface area contributed by atoms with Crippen molar-refractivity contribution in [1.82, 2.24) is 15.4 Å². The van der Waals surface area contributed by atoms with Crippen molar-refractivity contribution < 1.29 is 67.5 Å². The van der Waals surface area contributed by atoms with Crippen LogP contribution in [-0.4, -0.2) is 68.1 Å². The van der Waals surface area contributed by atoms with Crippen LogP contribution in [0, 0.1) is 52.2 Å². The van der Waals surface area contributed by atoms with Crippen molar-refractivity contribution in [2.45, 2.75) is 91.5 Å². The summed E-state index contributed by atoms with van der Waals surface area (Å²) in [6, 6.07) is 49.0. The summed E-state index contributed by atoms with van der Waals surface area (Å²) in [4.78, 5) is 80.1. The van der Waals surface area contributed by atoms with E-state index in [1.165, 1.54) is 19.2 Å². The minimum absolute atomic E-state index is 0.0983. The first-order valence-electron chi connectivity index (χ1n) is 29.3. The second kappa shape index (κ2) is 25.5. The number of halogens is 1. The number of nitrogens with one attached hydrogen (secondary N) is 1. The Morgan fingerprint density at radius 2 is 1.11 bits per heavy atom. The Labute approximate surface area is 513 Å². The topological polar surface area (TPSA) is 290 Å². The van der Waals surface area contributed by atoms with E-state index in [1.807, 2.05) is 146 Å². The number of pyridine rings is 2. The zero-order valence-corrected chi connectivity index (χ0v) is 49.7. The number of carbonyl (C=O) groups is 6. The Bertz CT molecular complexity index is 3990. The van der Waals surface area contributed by atoms with Gasteiger partial charge in [0, 0.05) is 39.2 Å². The predicted molar refractivity (Wildman–Crippen MR) is 326 cm³/mol. The molecule has 89 heavy (non-hydrogen) atoms. The maximum atomic E-state index is 14.8. The Balaban J connectivity index is 0.000000149. The highest BCUT2D eigenvalue weighted by Crippen LogP contribution is 2.71. The first-order chi connectivity index (χ1) is 42.6. The first kappa shape index (κ1) is 62.3. The van der Waals surface area contributed by atoms with Crippen molar-refractivity contribution in [2.75, 3.05) is 7.11 Å². The molecule has 12 rings (SSSR count). The third-order valence-electron chi connectivity index (χ3n) is 18.1. The Morgan fingerprint density at radius 1 is 0.596 bits per heavy atom. The highest BCUT2D eigenvalue weighted by atomic mass is 19.1. The van der Waals surface area contributed by atoms with E-state index in [9.17, 15) is 38.3 Å². The number of esters is 1. The molecule has 8 aromatic rings. The number of aliphatic carboxylic acids is 2. The van der Waals surface area contributed by atoms with Crippen LogP contribution in [-0.2, 0) is 72.6 Å². The average Bonchev–Trinajstić information content (AvgIpc) is 1.51. The summed E-state index contributed by atoms with van der Waals surface area (Å²) in [6.07, 6.45) is 3.55. The minimum Gasteiger partial charge on any atom is -0.489 e. The maximum Gasteiger partial charge on any atom is 0.313 e. The summed E-state index contributed by atoms with van der Waals surface area (Å²) in [5.41, 5.74) is 17.9. The first-order valence-corrected chi connectivity index (χ1v) is 29.3. The van der Waals surface area contributed by atoms with Crippen LogP contribution in [0.25, 0.3) is 21.8 Å². The molecule has 4 fully saturated rings. The largest absolute Gasteiger partial charge is 0.489 e. The standard InChI is InChI=1S/C26H27NO5.C25H24FN3O4.C19H19NO4/c1-16-13-18(20-7-5-6-8-21(20)27-16)15-32-19-11-9-17(10-12-19)14-26(24(30)31-4)22(23(28)29)25(26,2)3;26-19-9-14(11-25(24(27)31)12-18(25)23(30)29-32)5-8-22(19)33-13-16-10-21(15-6-7-15)28-20-4-2-1-3-17(16)20;20-18(23)19(11-16(19)17(21)22)10-13-6-8-15(9-7-13)24-12-14-4-2-1-3-5-14/h5-13,22H,14-15H2,1-4H3,(H,28,29);1-5,8-10,15,18,32H,6-7,11-13H2,(H2,27,31)(H,29,30);1-9,16H,10-12H2,(H2,20,23)(H,21,22)/t22-,26-;18-,25+;16-,19+/m011/s1. The highest BCUT2D eigenvalue weighted by molar-refractivity contribution is 5.96. The molecule has 6 atom stereocenters. The molecule has 0 aliphatic heterocycles. The van der Waals surface area contributed by atoms with Crippen LogP contribution in [0.5, 0.6) is 17.2 Å². The number of nitrogens with two attached hydrogens (primary N) is 2. The summed E-state index contributed by atoms with van der Waals surface area (Å²) in [7, 11) is 1.30. The molecule has 4 saturated carbocycles. The molecule has 19 heteroatoms. The molecule has 18 nitrogen and oxygen atoms in total. The van der Waals surface area contributed by atoms with Gasteiger partial charge in [-0.05, 0) is 140 Å². The highest BCUT2D eigenvalue weighted by Gasteiger charge is 2.79. The van der Waals surface area contributed by atoms with Gasteiger partial charge in [-0.25, -0.2) is 9.87 Å². The predicted octanol–water partition coefficient (Wildman–Crippen LogP) is 10.3. The van der Waals surface area contributed by atoms with E-state index in [2.05, 4.69) is 4.98 Å². The minimum atomic E-state index is -1.11. The molecule has 0 saturated heterocycles. The number of benzene rings is 6. The molecular weight excluding hydrogens is 1140 g/mol. The van der Waals surface area contributed by atoms with Gasteiger partial charge in [-0.2, -0.15) is 0 Å². The fourth-order valence-corrected chi connectivity index (χ4v) is 12.6. The number of hydroxylamine groups is 1. The van der Waals surface area contributed by atoms with Gasteiger partial charge in [-0.1, -0.05) is 111 Å². The SMILES string of the molecule is COC(=O)[C@]1(Cc2ccc(OCc3cc(C)nc4ccccc34)cc2)[C@@H](C(=O)O)C1(C)C.NC(=O)[C@@]1(Cc2ccc(OCc3cc(C4CC4)nc4ccccc34)c(F)c2)C[C@@H]1C(=O)NO.NC(=O)[C@@]1(Cc2ccc(OCc3ccccc3)cc2)C[C@@H]1C(=O)O. The molecular formula is C70H70FN5O13. The van der Waals surface area contributed by atoms with E-state index >= 15 is 0 Å². The van der Waals surface area contributed by atoms with Gasteiger partial charge in [0.25, 0.3) is 0 Å². The zero-order chi connectivity index (χ0) is 63.4. The van der Waals surface area contributed by atoms with Gasteiger partial charge in [0.15, 0.2) is 11.6 Å². The number of methoxy groups -OCH3 is 1. The summed E-state index contributed by atoms with van der Waals surface area (Å²) in [5.74, 6) is -4.99. The van der Waals surface area contributed by atoms with Crippen LogP contribution in [0.1, 0.15) is 90.2 Å². The molecule has 3 amide bonds. The molecule has 0 bridgehead atoms. The van der Waals surface area contributed by atoms with Gasteiger partial charge in [-0.3, -0.25) is 43.9 Å². The van der Waals surface area contributed by atoms with E-state index in [0.717, 1.165) is 79.6 Å². The number of carboxylic acids is 2. The second-order valence-electron chi connectivity index (χ2n) is 24.2. The molecule has 2 aromatic heterocycles. The number of amides is 3. The second-order valence-corrected chi connectivity index (χ2v) is 24.2. The molecule has 0 spiro atoms. The average molecular weight is 1210 g/mol. The van der Waals surface area contributed by atoms with Gasteiger partial charge in [-0.15, -0.1) is 0 Å².